The third-order valence-corrected chi connectivity index (χ3v) is 5.65. The van der Waals surface area contributed by atoms with Crippen molar-refractivity contribution in [3.8, 4) is 10.6 Å². The lowest BCUT2D eigenvalue weighted by molar-refractivity contribution is -0.728. The van der Waals surface area contributed by atoms with Gasteiger partial charge in [0.15, 0.2) is 11.7 Å². The SMILES string of the molecule is C=Cc1cc(-c2cccc[n+]2[C@]2(C)CC2C)sc1C=C. The molecule has 0 aliphatic heterocycles. The van der Waals surface area contributed by atoms with Crippen molar-refractivity contribution >= 4 is 23.5 Å². The van der Waals surface area contributed by atoms with Crippen molar-refractivity contribution in [1.82, 2.24) is 0 Å². The van der Waals surface area contributed by atoms with Gasteiger partial charge in [0.1, 0.15) is 0 Å². The molecular formula is C18H20NS+. The molecule has 1 fully saturated rings. The van der Waals surface area contributed by atoms with E-state index in [0.717, 1.165) is 5.92 Å². The lowest BCUT2D eigenvalue weighted by Crippen LogP contribution is -2.47. The Bertz CT molecular complexity index is 657. The number of nitrogens with zero attached hydrogens (tertiary/aromatic N) is 1. The standard InChI is InChI=1S/C18H20NS/c1-5-14-11-17(20-16(14)6-2)15-9-7-8-10-19(15)18(4)12-13(18)3/h5-11,13H,1-2,12H2,3-4H3/q+1/t13?,18-/m1/s1. The van der Waals surface area contributed by atoms with Crippen LogP contribution in [0.15, 0.2) is 43.6 Å². The van der Waals surface area contributed by atoms with Crippen LogP contribution in [0.1, 0.15) is 30.7 Å². The molecule has 1 unspecified atom stereocenters. The van der Waals surface area contributed by atoms with Crippen molar-refractivity contribution in [3.63, 3.8) is 0 Å². The fourth-order valence-electron chi connectivity index (χ4n) is 2.85. The number of thiophene rings is 1. The first-order valence-corrected chi connectivity index (χ1v) is 7.82. The van der Waals surface area contributed by atoms with Crippen molar-refractivity contribution in [2.75, 3.05) is 0 Å². The average molecular weight is 282 g/mol. The maximum atomic E-state index is 3.90. The van der Waals surface area contributed by atoms with Crippen molar-refractivity contribution in [2.45, 2.75) is 25.8 Å². The number of hydrogen-bond acceptors (Lipinski definition) is 1. The Morgan fingerprint density at radius 3 is 2.65 bits per heavy atom. The summed E-state index contributed by atoms with van der Waals surface area (Å²) in [5.41, 5.74) is 2.73. The Kier molecular flexibility index (Phi) is 3.14. The van der Waals surface area contributed by atoms with Crippen LogP contribution in [0.2, 0.25) is 0 Å². The summed E-state index contributed by atoms with van der Waals surface area (Å²) in [5.74, 6) is 0.742. The maximum Gasteiger partial charge on any atom is 0.223 e. The number of rotatable bonds is 4. The molecule has 0 bridgehead atoms. The van der Waals surface area contributed by atoms with Gasteiger partial charge in [0.2, 0.25) is 5.69 Å². The number of aromatic nitrogens is 1. The van der Waals surface area contributed by atoms with E-state index < -0.39 is 0 Å². The maximum absolute atomic E-state index is 3.90. The molecule has 0 spiro atoms. The van der Waals surface area contributed by atoms with Gasteiger partial charge in [-0.25, -0.2) is 0 Å². The first-order valence-electron chi connectivity index (χ1n) is 7.00. The highest BCUT2D eigenvalue weighted by molar-refractivity contribution is 7.16. The average Bonchev–Trinajstić information content (AvgIpc) is 2.91. The third kappa shape index (κ3) is 1.95. The second-order valence-corrected chi connectivity index (χ2v) is 6.84. The van der Waals surface area contributed by atoms with Crippen LogP contribution in [0, 0.1) is 5.92 Å². The molecule has 1 nitrogen and oxygen atoms in total. The van der Waals surface area contributed by atoms with Gasteiger partial charge in [0, 0.05) is 36.3 Å². The summed E-state index contributed by atoms with van der Waals surface area (Å²) in [5, 5.41) is 0. The van der Waals surface area contributed by atoms with E-state index in [1.807, 2.05) is 12.2 Å². The lowest BCUT2D eigenvalue weighted by Gasteiger charge is -2.09. The molecule has 2 heteroatoms. The van der Waals surface area contributed by atoms with Crippen molar-refractivity contribution in [3.05, 3.63) is 54.1 Å². The van der Waals surface area contributed by atoms with Crippen LogP contribution in [0.4, 0.5) is 0 Å². The molecule has 1 saturated carbocycles. The van der Waals surface area contributed by atoms with E-state index in [4.69, 9.17) is 0 Å². The van der Waals surface area contributed by atoms with Crippen LogP contribution >= 0.6 is 11.3 Å². The van der Waals surface area contributed by atoms with Crippen LogP contribution < -0.4 is 4.57 Å². The predicted octanol–water partition coefficient (Wildman–Crippen LogP) is 4.74. The van der Waals surface area contributed by atoms with Crippen LogP contribution in [0.3, 0.4) is 0 Å². The van der Waals surface area contributed by atoms with Crippen molar-refractivity contribution in [1.29, 1.82) is 0 Å². The van der Waals surface area contributed by atoms with Crippen LogP contribution in [0.25, 0.3) is 22.7 Å². The second kappa shape index (κ2) is 4.71. The zero-order chi connectivity index (χ0) is 14.3. The highest BCUT2D eigenvalue weighted by Gasteiger charge is 2.57. The van der Waals surface area contributed by atoms with Gasteiger partial charge in [-0.3, -0.25) is 0 Å². The van der Waals surface area contributed by atoms with E-state index in [0.29, 0.717) is 0 Å². The van der Waals surface area contributed by atoms with Crippen molar-refractivity contribution in [2.24, 2.45) is 5.92 Å². The first kappa shape index (κ1) is 13.3. The van der Waals surface area contributed by atoms with Gasteiger partial charge in [-0.05, 0) is 17.7 Å². The fourth-order valence-corrected chi connectivity index (χ4v) is 3.89. The van der Waals surface area contributed by atoms with Gasteiger partial charge in [-0.1, -0.05) is 32.2 Å². The summed E-state index contributed by atoms with van der Waals surface area (Å²) in [6, 6.07) is 8.66. The van der Waals surface area contributed by atoms with Gasteiger partial charge >= 0.3 is 0 Å². The molecule has 0 aromatic carbocycles. The monoisotopic (exact) mass is 282 g/mol. The zero-order valence-corrected chi connectivity index (χ0v) is 12.9. The van der Waals surface area contributed by atoms with Gasteiger partial charge in [0.25, 0.3) is 0 Å². The minimum Gasteiger partial charge on any atom is -0.192 e. The summed E-state index contributed by atoms with van der Waals surface area (Å²) < 4.78 is 2.43. The van der Waals surface area contributed by atoms with Gasteiger partial charge < -0.3 is 0 Å². The minimum absolute atomic E-state index is 0.267. The molecule has 0 amide bonds. The summed E-state index contributed by atoms with van der Waals surface area (Å²) >= 11 is 1.79. The predicted molar refractivity (Wildman–Crippen MR) is 87.6 cm³/mol. The van der Waals surface area contributed by atoms with Crippen LogP contribution in [-0.2, 0) is 5.54 Å². The molecule has 0 radical (unpaired) electrons. The van der Waals surface area contributed by atoms with E-state index in [2.05, 4.69) is 62.0 Å². The molecule has 0 saturated heterocycles. The highest BCUT2D eigenvalue weighted by Crippen LogP contribution is 2.46. The number of hydrogen-bond donors (Lipinski definition) is 0. The fraction of sp³-hybridized carbons (Fsp3) is 0.278. The summed E-state index contributed by atoms with van der Waals surface area (Å²) in [6.45, 7) is 12.5. The molecule has 2 heterocycles. The zero-order valence-electron chi connectivity index (χ0n) is 12.1. The van der Waals surface area contributed by atoms with E-state index >= 15 is 0 Å². The molecule has 2 atom stereocenters. The van der Waals surface area contributed by atoms with Gasteiger partial charge in [0.05, 0.1) is 4.88 Å². The molecular weight excluding hydrogens is 262 g/mol. The lowest BCUT2D eigenvalue weighted by atomic mass is 10.1. The first-order chi connectivity index (χ1) is 9.60. The largest absolute Gasteiger partial charge is 0.223 e. The quantitative estimate of drug-likeness (QED) is 0.713. The Hall–Kier alpha value is -1.67. The van der Waals surface area contributed by atoms with E-state index in [-0.39, 0.29) is 5.54 Å². The molecule has 3 rings (SSSR count). The molecule has 102 valence electrons. The summed E-state index contributed by atoms with van der Waals surface area (Å²) in [7, 11) is 0. The summed E-state index contributed by atoms with van der Waals surface area (Å²) in [6.07, 6.45) is 7.29. The summed E-state index contributed by atoms with van der Waals surface area (Å²) in [4.78, 5) is 2.48. The second-order valence-electron chi connectivity index (χ2n) is 5.76. The molecule has 2 aromatic heterocycles. The third-order valence-electron chi connectivity index (χ3n) is 4.48. The van der Waals surface area contributed by atoms with E-state index in [1.54, 1.807) is 11.3 Å². The molecule has 20 heavy (non-hydrogen) atoms. The van der Waals surface area contributed by atoms with Gasteiger partial charge in [-0.15, -0.1) is 11.3 Å². The normalized spacial score (nSPS) is 24.4. The van der Waals surface area contributed by atoms with Crippen molar-refractivity contribution < 1.29 is 4.57 Å². The number of pyridine rings is 1. The molecule has 0 N–H and O–H groups in total. The van der Waals surface area contributed by atoms with E-state index in [1.165, 1.54) is 27.4 Å². The molecule has 2 aromatic rings. The smallest absolute Gasteiger partial charge is 0.192 e. The van der Waals surface area contributed by atoms with E-state index in [9.17, 15) is 0 Å². The Morgan fingerprint density at radius 2 is 2.10 bits per heavy atom. The minimum atomic E-state index is 0.267. The Labute approximate surface area is 124 Å². The topological polar surface area (TPSA) is 3.88 Å². The van der Waals surface area contributed by atoms with Gasteiger partial charge in [-0.2, -0.15) is 4.57 Å². The highest BCUT2D eigenvalue weighted by atomic mass is 32.1. The Morgan fingerprint density at radius 1 is 1.35 bits per heavy atom. The molecule has 1 aliphatic rings. The Balaban J connectivity index is 2.13. The van der Waals surface area contributed by atoms with Crippen LogP contribution in [-0.4, -0.2) is 0 Å². The van der Waals surface area contributed by atoms with Crippen LogP contribution in [0.5, 0.6) is 0 Å². The molecule has 1 aliphatic carbocycles.